The Morgan fingerprint density at radius 3 is 2.87 bits per heavy atom. The number of rotatable bonds is 4. The van der Waals surface area contributed by atoms with Crippen molar-refractivity contribution in [3.8, 4) is 0 Å². The van der Waals surface area contributed by atoms with Crippen molar-refractivity contribution in [2.45, 2.75) is 6.92 Å². The number of hydrogen-bond acceptors (Lipinski definition) is 3. The molecule has 1 rings (SSSR count). The molecule has 0 unspecified atom stereocenters. The second-order valence-electron chi connectivity index (χ2n) is 3.49. The molecule has 0 radical (unpaired) electrons. The second kappa shape index (κ2) is 5.46. The standard InChI is InChI=1S/C11H17N3O/c1-9-5-4-6-10(13-9)11(15)14(3)8-7-12-2/h4-6,12H,7-8H2,1-3H3. The van der Waals surface area contributed by atoms with E-state index >= 15 is 0 Å². The number of likely N-dealkylation sites (N-methyl/N-ethyl adjacent to an activating group) is 2. The average molecular weight is 207 g/mol. The number of carbonyl (C=O) groups excluding carboxylic acids is 1. The van der Waals surface area contributed by atoms with Crippen LogP contribution in [0.15, 0.2) is 18.2 Å². The zero-order valence-electron chi connectivity index (χ0n) is 9.45. The molecule has 0 saturated carbocycles. The predicted molar refractivity (Wildman–Crippen MR) is 59.9 cm³/mol. The lowest BCUT2D eigenvalue weighted by Crippen LogP contribution is -2.33. The van der Waals surface area contributed by atoms with Crippen molar-refractivity contribution >= 4 is 5.91 Å². The first-order valence-corrected chi connectivity index (χ1v) is 4.99. The van der Waals surface area contributed by atoms with Crippen LogP contribution in [-0.4, -0.2) is 43.0 Å². The van der Waals surface area contributed by atoms with E-state index < -0.39 is 0 Å². The van der Waals surface area contributed by atoms with Gasteiger partial charge in [0.05, 0.1) is 0 Å². The monoisotopic (exact) mass is 207 g/mol. The van der Waals surface area contributed by atoms with Gasteiger partial charge in [-0.3, -0.25) is 4.79 Å². The maximum Gasteiger partial charge on any atom is 0.272 e. The molecule has 1 amide bonds. The summed E-state index contributed by atoms with van der Waals surface area (Å²) in [5.41, 5.74) is 1.37. The van der Waals surface area contributed by atoms with E-state index in [1.54, 1.807) is 18.0 Å². The summed E-state index contributed by atoms with van der Waals surface area (Å²) in [5.74, 6) is -0.0334. The van der Waals surface area contributed by atoms with Crippen LogP contribution in [0.5, 0.6) is 0 Å². The first-order valence-electron chi connectivity index (χ1n) is 4.99. The van der Waals surface area contributed by atoms with Gasteiger partial charge in [-0.25, -0.2) is 4.98 Å². The summed E-state index contributed by atoms with van der Waals surface area (Å²) in [6.45, 7) is 3.35. The van der Waals surface area contributed by atoms with E-state index in [0.29, 0.717) is 12.2 Å². The Hall–Kier alpha value is -1.42. The van der Waals surface area contributed by atoms with Crippen LogP contribution in [0.2, 0.25) is 0 Å². The molecule has 0 bridgehead atoms. The van der Waals surface area contributed by atoms with Gasteiger partial charge < -0.3 is 10.2 Å². The third-order valence-corrected chi connectivity index (χ3v) is 2.15. The molecule has 1 heterocycles. The minimum atomic E-state index is -0.0334. The molecule has 1 N–H and O–H groups in total. The highest BCUT2D eigenvalue weighted by atomic mass is 16.2. The van der Waals surface area contributed by atoms with Crippen molar-refractivity contribution in [1.29, 1.82) is 0 Å². The Morgan fingerprint density at radius 2 is 2.27 bits per heavy atom. The van der Waals surface area contributed by atoms with Crippen LogP contribution in [-0.2, 0) is 0 Å². The SMILES string of the molecule is CNCCN(C)C(=O)c1cccc(C)n1. The lowest BCUT2D eigenvalue weighted by Gasteiger charge is -2.16. The smallest absolute Gasteiger partial charge is 0.272 e. The number of carbonyl (C=O) groups is 1. The molecule has 4 nitrogen and oxygen atoms in total. The van der Waals surface area contributed by atoms with Gasteiger partial charge in [0.25, 0.3) is 5.91 Å². The van der Waals surface area contributed by atoms with Gasteiger partial charge in [0, 0.05) is 25.8 Å². The fraction of sp³-hybridized carbons (Fsp3) is 0.455. The molecule has 1 aromatic heterocycles. The highest BCUT2D eigenvalue weighted by Gasteiger charge is 2.11. The molecule has 0 atom stereocenters. The second-order valence-corrected chi connectivity index (χ2v) is 3.49. The Morgan fingerprint density at radius 1 is 1.53 bits per heavy atom. The van der Waals surface area contributed by atoms with Gasteiger partial charge in [-0.05, 0) is 26.1 Å². The van der Waals surface area contributed by atoms with E-state index in [0.717, 1.165) is 12.2 Å². The normalized spacial score (nSPS) is 10.1. The zero-order chi connectivity index (χ0) is 11.3. The van der Waals surface area contributed by atoms with E-state index in [9.17, 15) is 4.79 Å². The van der Waals surface area contributed by atoms with Gasteiger partial charge in [-0.2, -0.15) is 0 Å². The molecule has 82 valence electrons. The van der Waals surface area contributed by atoms with Crippen LogP contribution >= 0.6 is 0 Å². The lowest BCUT2D eigenvalue weighted by molar-refractivity contribution is 0.0791. The molecule has 1 aromatic rings. The molecule has 15 heavy (non-hydrogen) atoms. The van der Waals surface area contributed by atoms with E-state index in [1.165, 1.54) is 0 Å². The largest absolute Gasteiger partial charge is 0.339 e. The summed E-state index contributed by atoms with van der Waals surface area (Å²) >= 11 is 0. The number of nitrogens with one attached hydrogen (secondary N) is 1. The summed E-state index contributed by atoms with van der Waals surface area (Å²) in [6.07, 6.45) is 0. The Kier molecular flexibility index (Phi) is 4.24. The van der Waals surface area contributed by atoms with Gasteiger partial charge in [0.2, 0.25) is 0 Å². The van der Waals surface area contributed by atoms with Gasteiger partial charge in [-0.15, -0.1) is 0 Å². The minimum Gasteiger partial charge on any atom is -0.339 e. The number of aromatic nitrogens is 1. The van der Waals surface area contributed by atoms with Gasteiger partial charge in [0.1, 0.15) is 5.69 Å². The van der Waals surface area contributed by atoms with Crippen molar-refractivity contribution in [2.75, 3.05) is 27.2 Å². The number of hydrogen-bond donors (Lipinski definition) is 1. The van der Waals surface area contributed by atoms with Crippen LogP contribution in [0.25, 0.3) is 0 Å². The molecular formula is C11H17N3O. The number of pyridine rings is 1. The fourth-order valence-corrected chi connectivity index (χ4v) is 1.24. The van der Waals surface area contributed by atoms with Crippen molar-refractivity contribution in [1.82, 2.24) is 15.2 Å². The quantitative estimate of drug-likeness (QED) is 0.789. The first-order chi connectivity index (χ1) is 7.15. The molecule has 0 aliphatic rings. The lowest BCUT2D eigenvalue weighted by atomic mass is 10.3. The Labute approximate surface area is 90.3 Å². The first kappa shape index (κ1) is 11.7. The van der Waals surface area contributed by atoms with Gasteiger partial charge in [-0.1, -0.05) is 6.07 Å². The molecule has 0 aliphatic heterocycles. The van der Waals surface area contributed by atoms with Crippen molar-refractivity contribution < 1.29 is 4.79 Å². The highest BCUT2D eigenvalue weighted by molar-refractivity contribution is 5.92. The molecule has 4 heteroatoms. The average Bonchev–Trinajstić information content (AvgIpc) is 2.24. The van der Waals surface area contributed by atoms with Crippen molar-refractivity contribution in [2.24, 2.45) is 0 Å². The van der Waals surface area contributed by atoms with Gasteiger partial charge >= 0.3 is 0 Å². The molecule has 0 fully saturated rings. The van der Waals surface area contributed by atoms with E-state index in [-0.39, 0.29) is 5.91 Å². The number of aryl methyl sites for hydroxylation is 1. The predicted octanol–water partition coefficient (Wildman–Crippen LogP) is 0.681. The van der Waals surface area contributed by atoms with Crippen molar-refractivity contribution in [3.63, 3.8) is 0 Å². The van der Waals surface area contributed by atoms with Crippen LogP contribution < -0.4 is 5.32 Å². The summed E-state index contributed by atoms with van der Waals surface area (Å²) in [4.78, 5) is 17.7. The number of nitrogens with zero attached hydrogens (tertiary/aromatic N) is 2. The van der Waals surface area contributed by atoms with Crippen LogP contribution in [0, 0.1) is 6.92 Å². The van der Waals surface area contributed by atoms with E-state index in [1.807, 2.05) is 26.1 Å². The number of amides is 1. The van der Waals surface area contributed by atoms with Crippen molar-refractivity contribution in [3.05, 3.63) is 29.6 Å². The van der Waals surface area contributed by atoms with Gasteiger partial charge in [0.15, 0.2) is 0 Å². The maximum absolute atomic E-state index is 11.8. The maximum atomic E-state index is 11.8. The van der Waals surface area contributed by atoms with Crippen LogP contribution in [0.1, 0.15) is 16.2 Å². The minimum absolute atomic E-state index is 0.0334. The van der Waals surface area contributed by atoms with E-state index in [2.05, 4.69) is 10.3 Å². The Balaban J connectivity index is 2.67. The van der Waals surface area contributed by atoms with Crippen LogP contribution in [0.3, 0.4) is 0 Å². The third-order valence-electron chi connectivity index (χ3n) is 2.15. The summed E-state index contributed by atoms with van der Waals surface area (Å²) < 4.78 is 0. The molecule has 0 aliphatic carbocycles. The summed E-state index contributed by atoms with van der Waals surface area (Å²) in [5, 5.41) is 3.00. The summed E-state index contributed by atoms with van der Waals surface area (Å²) in [6, 6.07) is 5.47. The zero-order valence-corrected chi connectivity index (χ0v) is 9.45. The Bertz CT molecular complexity index is 338. The summed E-state index contributed by atoms with van der Waals surface area (Å²) in [7, 11) is 3.65. The van der Waals surface area contributed by atoms with Crippen LogP contribution in [0.4, 0.5) is 0 Å². The molecule has 0 saturated heterocycles. The highest BCUT2D eigenvalue weighted by Crippen LogP contribution is 2.01. The third kappa shape index (κ3) is 3.32. The van der Waals surface area contributed by atoms with E-state index in [4.69, 9.17) is 0 Å². The molecule has 0 aromatic carbocycles. The fourth-order valence-electron chi connectivity index (χ4n) is 1.24. The molecule has 0 spiro atoms. The molecular weight excluding hydrogens is 190 g/mol. The topological polar surface area (TPSA) is 45.2 Å².